The minimum atomic E-state index is -3.88. The topological polar surface area (TPSA) is 101 Å². The van der Waals surface area contributed by atoms with Crippen LogP contribution >= 0.6 is 0 Å². The van der Waals surface area contributed by atoms with E-state index in [-0.39, 0.29) is 0 Å². The molecule has 10 nitrogen and oxygen atoms in total. The number of hydrogen-bond acceptors (Lipinski definition) is 8. The van der Waals surface area contributed by atoms with Crippen molar-refractivity contribution in [2.24, 2.45) is 9.98 Å². The van der Waals surface area contributed by atoms with Crippen LogP contribution in [0.25, 0.3) is 57.2 Å². The second-order valence-electron chi connectivity index (χ2n) is 16.1. The van der Waals surface area contributed by atoms with Crippen LogP contribution in [0.3, 0.4) is 0 Å². The highest BCUT2D eigenvalue weighted by Gasteiger charge is 2.51. The molecule has 0 unspecified atom stereocenters. The molecule has 0 aliphatic carbocycles. The van der Waals surface area contributed by atoms with Gasteiger partial charge in [0.1, 0.15) is 0 Å². The van der Waals surface area contributed by atoms with Gasteiger partial charge in [-0.05, 0) is 103 Å². The molecule has 11 heteroatoms. The Morgan fingerprint density at radius 1 is 0.459 bits per heavy atom. The van der Waals surface area contributed by atoms with E-state index >= 15 is 0 Å². The first-order valence-electron chi connectivity index (χ1n) is 22.0. The normalized spacial score (nSPS) is 15.4. The lowest BCUT2D eigenvalue weighted by atomic mass is 10.0. The molecule has 6 aromatic rings. The van der Waals surface area contributed by atoms with Crippen LogP contribution in [-0.4, -0.2) is 95.4 Å². The summed E-state index contributed by atoms with van der Waals surface area (Å²) in [7, 11) is 0.133. The van der Waals surface area contributed by atoms with Crippen molar-refractivity contribution in [1.82, 2.24) is 29.7 Å². The Labute approximate surface area is 358 Å². The molecule has 6 heterocycles. The summed E-state index contributed by atoms with van der Waals surface area (Å²) in [5.74, 6) is 0. The van der Waals surface area contributed by atoms with Crippen molar-refractivity contribution >= 4 is 77.6 Å². The highest BCUT2D eigenvalue weighted by atomic mass is 28.4. The maximum atomic E-state index is 7.77. The van der Waals surface area contributed by atoms with Gasteiger partial charge >= 0.3 is 8.88 Å². The Morgan fingerprint density at radius 2 is 0.869 bits per heavy atom. The summed E-state index contributed by atoms with van der Waals surface area (Å²) in [5.41, 5.74) is 10.2. The third kappa shape index (κ3) is 7.19. The van der Waals surface area contributed by atoms with E-state index in [1.165, 1.54) is 0 Å². The van der Waals surface area contributed by atoms with Crippen LogP contribution < -0.4 is 32.0 Å². The molecule has 4 N–H and O–H groups in total. The minimum Gasteiger partial charge on any atom is -0.361 e. The van der Waals surface area contributed by atoms with E-state index < -0.39 is 8.88 Å². The second kappa shape index (κ2) is 17.5. The van der Waals surface area contributed by atoms with Crippen molar-refractivity contribution in [2.45, 2.75) is 25.7 Å². The molecule has 4 aliphatic rings. The smallest absolute Gasteiger partial charge is 0.361 e. The average molecular weight is 827 g/mol. The molecule has 6 bridgehead atoms. The summed E-state index contributed by atoms with van der Waals surface area (Å²) in [6.45, 7) is 6.57. The number of nitrogens with one attached hydrogen (secondary N) is 4. The van der Waals surface area contributed by atoms with Gasteiger partial charge in [0.15, 0.2) is 0 Å². The van der Waals surface area contributed by atoms with Gasteiger partial charge in [0.25, 0.3) is 0 Å². The van der Waals surface area contributed by atoms with Gasteiger partial charge in [-0.25, -0.2) is 9.98 Å². The van der Waals surface area contributed by atoms with Gasteiger partial charge in [0.2, 0.25) is 0 Å². The number of nitrogens with zero attached hydrogens (tertiary/aromatic N) is 4. The Bertz CT molecular complexity index is 2700. The number of hydrogen-bond donors (Lipinski definition) is 4. The molecule has 0 spiro atoms. The van der Waals surface area contributed by atoms with Crippen LogP contribution in [0.15, 0.2) is 107 Å². The predicted octanol–water partition coefficient (Wildman–Crippen LogP) is 5.83. The Kier molecular flexibility index (Phi) is 11.3. The van der Waals surface area contributed by atoms with Crippen molar-refractivity contribution in [3.05, 3.63) is 141 Å². The van der Waals surface area contributed by atoms with E-state index in [9.17, 15) is 0 Å². The lowest BCUT2D eigenvalue weighted by Gasteiger charge is -2.35. The molecule has 2 aromatic heterocycles. The van der Waals surface area contributed by atoms with Gasteiger partial charge in [0.05, 0.1) is 22.8 Å². The Morgan fingerprint density at radius 3 is 1.33 bits per heavy atom. The first-order chi connectivity index (χ1) is 30.2. The number of aromatic nitrogens is 2. The number of aliphatic imine (C=N–C) groups is 2. The van der Waals surface area contributed by atoms with Crippen LogP contribution in [0.4, 0.5) is 0 Å². The molecule has 310 valence electrons. The fourth-order valence-corrected chi connectivity index (χ4v) is 12.9. The quantitative estimate of drug-likeness (QED) is 0.0644. The van der Waals surface area contributed by atoms with Crippen LogP contribution in [-0.2, 0) is 8.85 Å². The predicted molar refractivity (Wildman–Crippen MR) is 254 cm³/mol. The van der Waals surface area contributed by atoms with Crippen molar-refractivity contribution < 1.29 is 8.85 Å². The summed E-state index contributed by atoms with van der Waals surface area (Å²) in [6, 6.07) is 34.8. The van der Waals surface area contributed by atoms with Crippen molar-refractivity contribution in [1.29, 1.82) is 0 Å². The fourth-order valence-electron chi connectivity index (χ4n) is 9.33. The van der Waals surface area contributed by atoms with Crippen molar-refractivity contribution in [2.75, 3.05) is 66.6 Å². The van der Waals surface area contributed by atoms with Crippen molar-refractivity contribution in [3.8, 4) is 0 Å². The summed E-state index contributed by atoms with van der Waals surface area (Å²) in [5, 5.41) is 20.4. The fraction of sp³-hybridized carbons (Fsp3) is 0.280. The minimum absolute atomic E-state index is 0.504. The molecule has 0 radical (unpaired) electrons. The van der Waals surface area contributed by atoms with Gasteiger partial charge < -0.3 is 38.6 Å². The van der Waals surface area contributed by atoms with E-state index in [0.29, 0.717) is 13.2 Å². The maximum Gasteiger partial charge on any atom is 0.598 e. The van der Waals surface area contributed by atoms with Crippen LogP contribution in [0, 0.1) is 0 Å². The lowest BCUT2D eigenvalue weighted by Crippen LogP contribution is -2.65. The van der Waals surface area contributed by atoms with Crippen LogP contribution in [0.5, 0.6) is 0 Å². The molecular weight excluding hydrogens is 773 g/mol. The monoisotopic (exact) mass is 826 g/mol. The van der Waals surface area contributed by atoms with Gasteiger partial charge in [0, 0.05) is 79.1 Å². The van der Waals surface area contributed by atoms with Crippen LogP contribution in [0.1, 0.15) is 59.3 Å². The molecule has 61 heavy (non-hydrogen) atoms. The first kappa shape index (κ1) is 39.6. The highest BCUT2D eigenvalue weighted by Crippen LogP contribution is 2.40. The zero-order chi connectivity index (χ0) is 41.2. The molecule has 10 rings (SSSR count). The number of benzene rings is 4. The van der Waals surface area contributed by atoms with E-state index in [1.807, 2.05) is 14.1 Å². The molecule has 0 atom stereocenters. The molecule has 0 fully saturated rings. The molecule has 4 aliphatic heterocycles. The molecule has 0 saturated carbocycles. The summed E-state index contributed by atoms with van der Waals surface area (Å²) < 4.78 is 20.5. The van der Waals surface area contributed by atoms with Gasteiger partial charge in [-0.1, -0.05) is 97.1 Å². The first-order valence-corrected chi connectivity index (χ1v) is 23.7. The average Bonchev–Trinajstić information content (AvgIpc) is 4.01. The molecule has 0 amide bonds. The van der Waals surface area contributed by atoms with Gasteiger partial charge in [-0.15, -0.1) is 0 Å². The summed E-state index contributed by atoms with van der Waals surface area (Å²) in [6.07, 6.45) is 12.9. The van der Waals surface area contributed by atoms with E-state index in [2.05, 4.69) is 151 Å². The highest BCUT2D eigenvalue weighted by molar-refractivity contribution is 6.65. The molecule has 4 aromatic carbocycles. The molecular formula is C50H54N8O2Si. The third-order valence-electron chi connectivity index (χ3n) is 12.2. The largest absolute Gasteiger partial charge is 0.598 e. The van der Waals surface area contributed by atoms with Crippen molar-refractivity contribution in [3.63, 3.8) is 0 Å². The van der Waals surface area contributed by atoms with Gasteiger partial charge in [-0.2, -0.15) is 0 Å². The number of rotatable bonds is 18. The lowest BCUT2D eigenvalue weighted by molar-refractivity contribution is 0.144. The summed E-state index contributed by atoms with van der Waals surface area (Å²) in [4.78, 5) is 10.9. The Hall–Kier alpha value is -5.50. The Balaban J connectivity index is 1.28. The second-order valence-corrected chi connectivity index (χ2v) is 18.7. The van der Waals surface area contributed by atoms with Gasteiger partial charge in [-0.3, -0.25) is 0 Å². The number of fused-ring (bicyclic) bond motifs is 14. The van der Waals surface area contributed by atoms with Crippen LogP contribution in [0.2, 0.25) is 0 Å². The maximum absolute atomic E-state index is 7.77. The zero-order valence-electron chi connectivity index (χ0n) is 35.1. The zero-order valence-corrected chi connectivity index (χ0v) is 36.1. The third-order valence-corrected chi connectivity index (χ3v) is 15.4. The molecule has 0 saturated heterocycles. The summed E-state index contributed by atoms with van der Waals surface area (Å²) >= 11 is 0. The SMILES string of the molecule is CNCCCNCCCO[Si]1(OCCCNCCCNC)n2c3c4ccccc4c2C=C2N=C(C=c4c5ccccc5c(n41)=CC1=NC(=C3)c3ccccc31)c1ccccc12. The van der Waals surface area contributed by atoms with E-state index in [4.69, 9.17) is 18.8 Å². The standard InChI is InChI=1S/C50H54N8O2Si/c1-51-23-11-25-53-27-13-29-59-61(60-30-14-28-54-26-12-24-52-2)57-47-31-43-35-15-3-4-16-36(35)44(55-43)32-48-41-21-9-10-22-42(41)50(58(48)61)34-46-38-18-6-5-17-37(38)45(56-46)33-49(57)40-20-8-7-19-39(40)47/h3-10,15-22,31-34,51-54H,11-14,23-30H2,1-2H3. The van der Waals surface area contributed by atoms with E-state index in [1.54, 1.807) is 0 Å². The van der Waals surface area contributed by atoms with E-state index in [0.717, 1.165) is 154 Å².